The topological polar surface area (TPSA) is 63.7 Å². The van der Waals surface area contributed by atoms with E-state index in [-0.39, 0.29) is 19.6 Å². The summed E-state index contributed by atoms with van der Waals surface area (Å²) in [5, 5.41) is 0. The predicted molar refractivity (Wildman–Crippen MR) is 92.4 cm³/mol. The van der Waals surface area contributed by atoms with Crippen molar-refractivity contribution in [2.24, 2.45) is 0 Å². The number of imide groups is 1. The van der Waals surface area contributed by atoms with Crippen LogP contribution >= 0.6 is 0 Å². The lowest BCUT2D eigenvalue weighted by Gasteiger charge is -2.13. The monoisotopic (exact) mass is 391 g/mol. The Kier molecular flexibility index (Phi) is 5.22. The number of esters is 1. The van der Waals surface area contributed by atoms with Crippen molar-refractivity contribution in [1.29, 1.82) is 0 Å². The van der Waals surface area contributed by atoms with Crippen LogP contribution in [0.25, 0.3) is 0 Å². The molecule has 3 rings (SSSR count). The van der Waals surface area contributed by atoms with Gasteiger partial charge in [-0.3, -0.25) is 19.3 Å². The van der Waals surface area contributed by atoms with E-state index >= 15 is 0 Å². The largest absolute Gasteiger partial charge is 0.461 e. The van der Waals surface area contributed by atoms with Gasteiger partial charge in [0.05, 0.1) is 23.1 Å². The molecule has 0 fully saturated rings. The van der Waals surface area contributed by atoms with Gasteiger partial charge in [-0.05, 0) is 36.8 Å². The number of hydrogen-bond acceptors (Lipinski definition) is 4. The summed E-state index contributed by atoms with van der Waals surface area (Å²) in [5.74, 6) is -1.58. The van der Waals surface area contributed by atoms with Gasteiger partial charge in [-0.1, -0.05) is 23.8 Å². The molecule has 0 aromatic heterocycles. The van der Waals surface area contributed by atoms with Gasteiger partial charge in [0.2, 0.25) is 0 Å². The molecule has 0 saturated heterocycles. The molecule has 146 valence electrons. The van der Waals surface area contributed by atoms with Gasteiger partial charge in [-0.15, -0.1) is 0 Å². The molecule has 1 aliphatic rings. The van der Waals surface area contributed by atoms with Gasteiger partial charge in [0.15, 0.2) is 0 Å². The first kappa shape index (κ1) is 19.6. The normalized spacial score (nSPS) is 13.6. The molecule has 0 atom stereocenters. The fraction of sp³-hybridized carbons (Fsp3) is 0.250. The highest BCUT2D eigenvalue weighted by Gasteiger charge is 2.35. The summed E-state index contributed by atoms with van der Waals surface area (Å²) < 4.78 is 42.6. The van der Waals surface area contributed by atoms with Crippen LogP contribution in [0.4, 0.5) is 13.2 Å². The molecule has 0 radical (unpaired) electrons. The molecule has 1 aliphatic heterocycles. The summed E-state index contributed by atoms with van der Waals surface area (Å²) in [6.45, 7) is 1.48. The van der Waals surface area contributed by atoms with Crippen molar-refractivity contribution in [3.63, 3.8) is 0 Å². The first-order chi connectivity index (χ1) is 13.2. The number of halogens is 3. The molecule has 0 saturated carbocycles. The van der Waals surface area contributed by atoms with Crippen LogP contribution in [0.3, 0.4) is 0 Å². The maximum absolute atomic E-state index is 12.5. The second-order valence-electron chi connectivity index (χ2n) is 6.42. The zero-order valence-electron chi connectivity index (χ0n) is 14.9. The number of rotatable bonds is 5. The number of alkyl halides is 3. The van der Waals surface area contributed by atoms with Gasteiger partial charge in [-0.2, -0.15) is 13.2 Å². The second kappa shape index (κ2) is 7.46. The summed E-state index contributed by atoms with van der Waals surface area (Å²) in [6.07, 6.45) is -4.63. The lowest BCUT2D eigenvalue weighted by atomic mass is 10.1. The van der Waals surface area contributed by atoms with Crippen molar-refractivity contribution in [3.05, 3.63) is 70.3 Å². The quantitative estimate of drug-likeness (QED) is 0.575. The number of nitrogens with zero attached hydrogens (tertiary/aromatic N) is 1. The average Bonchev–Trinajstić information content (AvgIpc) is 2.88. The van der Waals surface area contributed by atoms with Crippen LogP contribution in [-0.4, -0.2) is 29.2 Å². The Morgan fingerprint density at radius 2 is 1.64 bits per heavy atom. The molecule has 2 aromatic carbocycles. The lowest BCUT2D eigenvalue weighted by Crippen LogP contribution is -2.32. The van der Waals surface area contributed by atoms with Gasteiger partial charge >= 0.3 is 12.1 Å². The van der Waals surface area contributed by atoms with Crippen molar-refractivity contribution in [1.82, 2.24) is 4.90 Å². The second-order valence-corrected chi connectivity index (χ2v) is 6.42. The molecule has 0 spiro atoms. The number of aryl methyl sites for hydroxylation is 1. The van der Waals surface area contributed by atoms with E-state index in [4.69, 9.17) is 4.74 Å². The molecule has 2 aromatic rings. The summed E-state index contributed by atoms with van der Waals surface area (Å²) in [7, 11) is 0. The van der Waals surface area contributed by atoms with Crippen LogP contribution in [0.15, 0.2) is 42.5 Å². The Morgan fingerprint density at radius 1 is 1.00 bits per heavy atom. The number of benzene rings is 2. The molecular weight excluding hydrogens is 375 g/mol. The number of amides is 2. The number of carbonyl (C=O) groups excluding carboxylic acids is 3. The minimum atomic E-state index is -4.43. The van der Waals surface area contributed by atoms with Crippen molar-refractivity contribution in [3.8, 4) is 0 Å². The van der Waals surface area contributed by atoms with Crippen molar-refractivity contribution in [2.45, 2.75) is 26.1 Å². The first-order valence-corrected chi connectivity index (χ1v) is 8.45. The third kappa shape index (κ3) is 4.05. The van der Waals surface area contributed by atoms with Crippen LogP contribution in [-0.2, 0) is 22.3 Å². The number of hydrogen-bond donors (Lipinski definition) is 0. The van der Waals surface area contributed by atoms with E-state index < -0.39 is 29.5 Å². The predicted octanol–water partition coefficient (Wildman–Crippen LogP) is 3.74. The third-order valence-corrected chi connectivity index (χ3v) is 4.35. The standard InChI is InChI=1S/C20H16F3NO4/c1-12-2-7-15-16(10-12)19(27)24(18(15)26)9-8-17(25)28-11-13-3-5-14(6-4-13)20(21,22)23/h2-7,10H,8-9,11H2,1H3. The Balaban J connectivity index is 1.52. The van der Waals surface area contributed by atoms with E-state index in [0.717, 1.165) is 22.6 Å². The number of carbonyl (C=O) groups is 3. The van der Waals surface area contributed by atoms with Gasteiger partial charge in [0.1, 0.15) is 6.61 Å². The third-order valence-electron chi connectivity index (χ3n) is 4.35. The van der Waals surface area contributed by atoms with Gasteiger partial charge < -0.3 is 4.74 Å². The van der Waals surface area contributed by atoms with Crippen LogP contribution in [0.1, 0.15) is 43.8 Å². The smallest absolute Gasteiger partial charge is 0.416 e. The zero-order chi connectivity index (χ0) is 20.5. The van der Waals surface area contributed by atoms with Crippen LogP contribution in [0.2, 0.25) is 0 Å². The molecule has 28 heavy (non-hydrogen) atoms. The highest BCUT2D eigenvalue weighted by molar-refractivity contribution is 6.21. The Labute approximate surface area is 158 Å². The summed E-state index contributed by atoms with van der Waals surface area (Å²) >= 11 is 0. The van der Waals surface area contributed by atoms with E-state index in [2.05, 4.69) is 0 Å². The molecule has 1 heterocycles. The molecule has 0 bridgehead atoms. The maximum atomic E-state index is 12.5. The van der Waals surface area contributed by atoms with E-state index in [9.17, 15) is 27.6 Å². The number of ether oxygens (including phenoxy) is 1. The van der Waals surface area contributed by atoms with Crippen LogP contribution < -0.4 is 0 Å². The van der Waals surface area contributed by atoms with Crippen LogP contribution in [0, 0.1) is 6.92 Å². The van der Waals surface area contributed by atoms with Crippen molar-refractivity contribution in [2.75, 3.05) is 6.54 Å². The molecule has 5 nitrogen and oxygen atoms in total. The lowest BCUT2D eigenvalue weighted by molar-refractivity contribution is -0.145. The molecule has 0 unspecified atom stereocenters. The summed E-state index contributed by atoms with van der Waals surface area (Å²) in [6, 6.07) is 9.19. The molecule has 8 heteroatoms. The molecular formula is C20H16F3NO4. The van der Waals surface area contributed by atoms with Gasteiger partial charge in [0, 0.05) is 6.54 Å². The van der Waals surface area contributed by atoms with Gasteiger partial charge in [0.25, 0.3) is 11.8 Å². The minimum absolute atomic E-state index is 0.128. The van der Waals surface area contributed by atoms with E-state index in [1.807, 2.05) is 0 Å². The SMILES string of the molecule is Cc1ccc2c(c1)C(=O)N(CCC(=O)OCc1ccc(C(F)(F)F)cc1)C2=O. The van der Waals surface area contributed by atoms with E-state index in [0.29, 0.717) is 16.7 Å². The van der Waals surface area contributed by atoms with E-state index in [1.54, 1.807) is 25.1 Å². The minimum Gasteiger partial charge on any atom is -0.461 e. The Hall–Kier alpha value is -3.16. The fourth-order valence-corrected chi connectivity index (χ4v) is 2.84. The molecule has 0 aliphatic carbocycles. The Bertz CT molecular complexity index is 935. The number of fused-ring (bicyclic) bond motifs is 1. The van der Waals surface area contributed by atoms with Gasteiger partial charge in [-0.25, -0.2) is 0 Å². The molecule has 0 N–H and O–H groups in total. The first-order valence-electron chi connectivity index (χ1n) is 8.45. The molecule has 2 amide bonds. The Morgan fingerprint density at radius 3 is 2.29 bits per heavy atom. The highest BCUT2D eigenvalue weighted by Crippen LogP contribution is 2.29. The highest BCUT2D eigenvalue weighted by atomic mass is 19.4. The zero-order valence-corrected chi connectivity index (χ0v) is 14.9. The summed E-state index contributed by atoms with van der Waals surface area (Å²) in [5.41, 5.74) is 1.07. The maximum Gasteiger partial charge on any atom is 0.416 e. The van der Waals surface area contributed by atoms with Crippen LogP contribution in [0.5, 0.6) is 0 Å². The van der Waals surface area contributed by atoms with Crippen molar-refractivity contribution < 1.29 is 32.3 Å². The van der Waals surface area contributed by atoms with Crippen molar-refractivity contribution >= 4 is 17.8 Å². The summed E-state index contributed by atoms with van der Waals surface area (Å²) in [4.78, 5) is 37.5. The average molecular weight is 391 g/mol. The van der Waals surface area contributed by atoms with E-state index in [1.165, 1.54) is 12.1 Å². The fourth-order valence-electron chi connectivity index (χ4n) is 2.84.